The van der Waals surface area contributed by atoms with Crippen LogP contribution < -0.4 is 15.8 Å². The van der Waals surface area contributed by atoms with Gasteiger partial charge in [-0.25, -0.2) is 9.18 Å². The van der Waals surface area contributed by atoms with Crippen LogP contribution in [0, 0.1) is 5.82 Å². The molecule has 4 aromatic rings. The van der Waals surface area contributed by atoms with E-state index in [0.717, 1.165) is 26.2 Å². The minimum atomic E-state index is -0.668. The molecule has 2 aromatic carbocycles. The van der Waals surface area contributed by atoms with E-state index in [9.17, 15) is 9.18 Å². The Hall–Kier alpha value is -3.69. The van der Waals surface area contributed by atoms with E-state index in [4.69, 9.17) is 19.9 Å². The van der Waals surface area contributed by atoms with Gasteiger partial charge in [0, 0.05) is 42.0 Å². The molecule has 0 aliphatic carbocycles. The number of halogens is 1. The average Bonchev–Trinajstić information content (AvgIpc) is 3.25. The number of nitrogens with one attached hydrogen (secondary N) is 1. The van der Waals surface area contributed by atoms with Gasteiger partial charge in [-0.2, -0.15) is 0 Å². The van der Waals surface area contributed by atoms with Crippen molar-refractivity contribution < 1.29 is 23.4 Å². The third-order valence-corrected chi connectivity index (χ3v) is 6.20. The molecule has 0 unspecified atom stereocenters. The number of hydrogen-bond acceptors (Lipinski definition) is 8. The summed E-state index contributed by atoms with van der Waals surface area (Å²) in [5.41, 5.74) is 8.31. The van der Waals surface area contributed by atoms with Crippen molar-refractivity contribution >= 4 is 33.4 Å². The van der Waals surface area contributed by atoms with Gasteiger partial charge in [-0.15, -0.1) is 11.3 Å². The average molecular weight is 510 g/mol. The summed E-state index contributed by atoms with van der Waals surface area (Å²) < 4.78 is 31.1. The number of carbonyl (C=O) groups is 1. The Kier molecular flexibility index (Phi) is 7.71. The largest absolute Gasteiger partial charge is 0.508 e. The predicted octanol–water partition coefficient (Wildman–Crippen LogP) is 6.52. The maximum atomic E-state index is 14.2. The van der Waals surface area contributed by atoms with Crippen LogP contribution in [-0.2, 0) is 16.0 Å². The molecule has 0 saturated carbocycles. The maximum Gasteiger partial charge on any atom is 0.508 e. The lowest BCUT2D eigenvalue weighted by molar-refractivity contribution is -0.00661. The number of nitrogens with zero attached hydrogens (tertiary/aromatic N) is 1. The second kappa shape index (κ2) is 10.9. The highest BCUT2D eigenvalue weighted by Crippen LogP contribution is 2.39. The third-order valence-electron chi connectivity index (χ3n) is 5.01. The standard InChI is InChI=1S/C27H28FN3O4S/c1-27(2,3)35-26(32)33-13-12-30-16-17-4-6-18(7-5-17)24-15-21-25(36-24)23(10-11-31-21)34-22-9-8-19(29)14-20(22)28/h4-11,14-15,30H,12-13,16,29H2,1-3H3. The zero-order valence-electron chi connectivity index (χ0n) is 20.3. The SMILES string of the molecule is CC(C)(C)OC(=O)OCCNCc1ccc(-c2cc3nccc(Oc4ccc(N)cc4F)c3s2)cc1. The highest BCUT2D eigenvalue weighted by atomic mass is 32.1. The molecule has 0 bridgehead atoms. The molecule has 0 amide bonds. The van der Waals surface area contributed by atoms with Crippen LogP contribution in [-0.4, -0.2) is 29.9 Å². The number of fused-ring (bicyclic) bond motifs is 1. The van der Waals surface area contributed by atoms with Gasteiger partial charge < -0.3 is 25.3 Å². The van der Waals surface area contributed by atoms with Crippen LogP contribution in [0.2, 0.25) is 0 Å². The summed E-state index contributed by atoms with van der Waals surface area (Å²) >= 11 is 1.53. The summed E-state index contributed by atoms with van der Waals surface area (Å²) in [7, 11) is 0. The van der Waals surface area contributed by atoms with Gasteiger partial charge in [-0.1, -0.05) is 24.3 Å². The molecule has 0 atom stereocenters. The van der Waals surface area contributed by atoms with Gasteiger partial charge in [0.05, 0.1) is 10.2 Å². The Morgan fingerprint density at radius 1 is 1.08 bits per heavy atom. The summed E-state index contributed by atoms with van der Waals surface area (Å²) in [6.45, 7) is 6.76. The van der Waals surface area contributed by atoms with Crippen molar-refractivity contribution in [3.63, 3.8) is 0 Å². The van der Waals surface area contributed by atoms with E-state index >= 15 is 0 Å². The number of benzene rings is 2. The number of pyridine rings is 1. The summed E-state index contributed by atoms with van der Waals surface area (Å²) in [5, 5.41) is 3.24. The van der Waals surface area contributed by atoms with Crippen LogP contribution in [0.5, 0.6) is 11.5 Å². The minimum absolute atomic E-state index is 0.111. The first kappa shape index (κ1) is 25.4. The van der Waals surface area contributed by atoms with E-state index < -0.39 is 17.6 Å². The van der Waals surface area contributed by atoms with Crippen molar-refractivity contribution in [2.24, 2.45) is 0 Å². The summed E-state index contributed by atoms with van der Waals surface area (Å²) in [6.07, 6.45) is 0.976. The number of anilines is 1. The fraction of sp³-hybridized carbons (Fsp3) is 0.259. The first-order valence-corrected chi connectivity index (χ1v) is 12.3. The molecule has 36 heavy (non-hydrogen) atoms. The molecule has 7 nitrogen and oxygen atoms in total. The van der Waals surface area contributed by atoms with Crippen molar-refractivity contribution in [1.82, 2.24) is 10.3 Å². The quantitative estimate of drug-likeness (QED) is 0.159. The summed E-state index contributed by atoms with van der Waals surface area (Å²) in [6, 6.07) is 16.2. The smallest absolute Gasteiger partial charge is 0.453 e. The van der Waals surface area contributed by atoms with Gasteiger partial charge in [0.2, 0.25) is 0 Å². The van der Waals surface area contributed by atoms with Gasteiger partial charge in [-0.3, -0.25) is 4.98 Å². The van der Waals surface area contributed by atoms with Crippen LogP contribution in [0.4, 0.5) is 14.9 Å². The number of nitrogen functional groups attached to an aromatic ring is 1. The third kappa shape index (κ3) is 6.71. The Labute approximate surface area is 213 Å². The lowest BCUT2D eigenvalue weighted by atomic mass is 10.1. The van der Waals surface area contributed by atoms with Gasteiger partial charge in [0.1, 0.15) is 18.0 Å². The van der Waals surface area contributed by atoms with Crippen molar-refractivity contribution in [2.45, 2.75) is 32.9 Å². The normalized spacial score (nSPS) is 11.4. The van der Waals surface area contributed by atoms with Gasteiger partial charge in [0.25, 0.3) is 0 Å². The number of rotatable bonds is 8. The summed E-state index contributed by atoms with van der Waals surface area (Å²) in [4.78, 5) is 17.0. The second-order valence-electron chi connectivity index (χ2n) is 9.11. The van der Waals surface area contributed by atoms with Crippen LogP contribution in [0.25, 0.3) is 20.7 Å². The number of ether oxygens (including phenoxy) is 3. The number of nitrogens with two attached hydrogens (primary N) is 1. The second-order valence-corrected chi connectivity index (χ2v) is 10.2. The molecule has 0 radical (unpaired) electrons. The monoisotopic (exact) mass is 509 g/mol. The van der Waals surface area contributed by atoms with Gasteiger partial charge in [-0.05, 0) is 50.1 Å². The molecule has 0 aliphatic rings. The molecule has 188 valence electrons. The Morgan fingerprint density at radius 3 is 2.58 bits per heavy atom. The zero-order chi connectivity index (χ0) is 25.7. The van der Waals surface area contributed by atoms with E-state index in [-0.39, 0.29) is 12.4 Å². The molecular weight excluding hydrogens is 481 g/mol. The molecular formula is C27H28FN3O4S. The Bertz CT molecular complexity index is 1350. The molecule has 0 fully saturated rings. The van der Waals surface area contributed by atoms with Crippen molar-refractivity contribution in [2.75, 3.05) is 18.9 Å². The molecule has 0 spiro atoms. The lowest BCUT2D eigenvalue weighted by Crippen LogP contribution is -2.27. The number of hydrogen-bond donors (Lipinski definition) is 2. The topological polar surface area (TPSA) is 95.7 Å². The fourth-order valence-corrected chi connectivity index (χ4v) is 4.43. The van der Waals surface area contributed by atoms with E-state index in [1.807, 2.05) is 30.3 Å². The van der Waals surface area contributed by atoms with Gasteiger partial charge in [0.15, 0.2) is 11.6 Å². The highest BCUT2D eigenvalue weighted by molar-refractivity contribution is 7.22. The fourth-order valence-electron chi connectivity index (χ4n) is 3.36. The van der Waals surface area contributed by atoms with Crippen molar-refractivity contribution in [1.29, 1.82) is 0 Å². The van der Waals surface area contributed by atoms with E-state index in [0.29, 0.717) is 24.5 Å². The van der Waals surface area contributed by atoms with Crippen LogP contribution in [0.1, 0.15) is 26.3 Å². The van der Waals surface area contributed by atoms with E-state index in [1.54, 1.807) is 39.1 Å². The molecule has 3 N–H and O–H groups in total. The van der Waals surface area contributed by atoms with E-state index in [2.05, 4.69) is 10.3 Å². The molecule has 2 heterocycles. The molecule has 0 aliphatic heterocycles. The molecule has 4 rings (SSSR count). The van der Waals surface area contributed by atoms with Gasteiger partial charge >= 0.3 is 6.16 Å². The highest BCUT2D eigenvalue weighted by Gasteiger charge is 2.17. The van der Waals surface area contributed by atoms with E-state index in [1.165, 1.54) is 23.5 Å². The molecule has 9 heteroatoms. The Morgan fingerprint density at radius 2 is 1.86 bits per heavy atom. The summed E-state index contributed by atoms with van der Waals surface area (Å²) in [5.74, 6) is 0.131. The van der Waals surface area contributed by atoms with Crippen LogP contribution >= 0.6 is 11.3 Å². The molecule has 0 saturated heterocycles. The number of carbonyl (C=O) groups excluding carboxylic acids is 1. The van der Waals surface area contributed by atoms with Crippen molar-refractivity contribution in [3.8, 4) is 21.9 Å². The maximum absolute atomic E-state index is 14.2. The minimum Gasteiger partial charge on any atom is -0.453 e. The lowest BCUT2D eigenvalue weighted by Gasteiger charge is -2.18. The first-order chi connectivity index (χ1) is 17.2. The molecule has 2 aromatic heterocycles. The van der Waals surface area contributed by atoms with Crippen molar-refractivity contribution in [3.05, 3.63) is 72.2 Å². The first-order valence-electron chi connectivity index (χ1n) is 11.5. The Balaban J connectivity index is 1.36. The van der Waals surface area contributed by atoms with Crippen LogP contribution in [0.15, 0.2) is 60.8 Å². The number of thiophene rings is 1. The number of aromatic nitrogens is 1. The van der Waals surface area contributed by atoms with Crippen LogP contribution in [0.3, 0.4) is 0 Å². The predicted molar refractivity (Wildman–Crippen MR) is 140 cm³/mol. The zero-order valence-corrected chi connectivity index (χ0v) is 21.2.